The summed E-state index contributed by atoms with van der Waals surface area (Å²) in [6.07, 6.45) is 0. The van der Waals surface area contributed by atoms with Crippen molar-refractivity contribution in [1.29, 1.82) is 0 Å². The molecule has 3 N–H and O–H groups in total. The molecular formula is C51H51N3Si3. The Morgan fingerprint density at radius 1 is 0.298 bits per heavy atom. The minimum atomic E-state index is -1.31. The molecule has 0 bridgehead atoms. The first-order valence-corrected chi connectivity index (χ1v) is 30.2. The summed E-state index contributed by atoms with van der Waals surface area (Å²) in [5.74, 6) is 9.99. The first kappa shape index (κ1) is 39.3. The highest BCUT2D eigenvalue weighted by molar-refractivity contribution is 6.84. The zero-order valence-corrected chi connectivity index (χ0v) is 37.6. The molecule has 6 aromatic carbocycles. The topological polar surface area (TPSA) is 47.4 Å². The Morgan fingerprint density at radius 2 is 0.544 bits per heavy atom. The molecule has 3 heterocycles. The summed E-state index contributed by atoms with van der Waals surface area (Å²) >= 11 is 0. The highest BCUT2D eigenvalue weighted by Gasteiger charge is 2.11. The Bertz CT molecular complexity index is 2770. The van der Waals surface area contributed by atoms with Gasteiger partial charge in [0.15, 0.2) is 0 Å². The molecule has 0 saturated heterocycles. The maximum absolute atomic E-state index is 3.44. The van der Waals surface area contributed by atoms with Crippen LogP contribution in [0.25, 0.3) is 65.4 Å². The minimum Gasteiger partial charge on any atom is -0.355 e. The van der Waals surface area contributed by atoms with Crippen molar-refractivity contribution in [1.82, 2.24) is 15.0 Å². The summed E-state index contributed by atoms with van der Waals surface area (Å²) < 4.78 is 0. The number of hydrogen-bond donors (Lipinski definition) is 3. The molecule has 9 rings (SSSR count). The van der Waals surface area contributed by atoms with Crippen molar-refractivity contribution >= 4 is 89.6 Å². The molecular weight excluding hydrogens is 739 g/mol. The predicted octanol–water partition coefficient (Wildman–Crippen LogP) is 13.6. The van der Waals surface area contributed by atoms with Gasteiger partial charge < -0.3 is 15.0 Å². The van der Waals surface area contributed by atoms with E-state index in [2.05, 4.69) is 236 Å². The second-order valence-electron chi connectivity index (χ2n) is 17.8. The molecule has 0 radical (unpaired) electrons. The highest BCUT2D eigenvalue weighted by atomic mass is 28.3. The molecule has 57 heavy (non-hydrogen) atoms. The Labute approximate surface area is 340 Å². The van der Waals surface area contributed by atoms with E-state index in [-0.39, 0.29) is 0 Å². The van der Waals surface area contributed by atoms with Crippen molar-refractivity contribution in [3.8, 4) is 34.4 Å². The number of aromatic nitrogens is 3. The van der Waals surface area contributed by atoms with Crippen LogP contribution in [0.2, 0.25) is 58.9 Å². The van der Waals surface area contributed by atoms with Crippen LogP contribution in [0, 0.1) is 34.4 Å². The van der Waals surface area contributed by atoms with E-state index in [1.807, 2.05) is 0 Å². The Morgan fingerprint density at radius 3 is 0.807 bits per heavy atom. The largest absolute Gasteiger partial charge is 0.355 e. The second kappa shape index (κ2) is 15.9. The fourth-order valence-corrected chi connectivity index (χ4v) is 8.11. The van der Waals surface area contributed by atoms with Crippen LogP contribution in [0.1, 0.15) is 16.7 Å². The zero-order chi connectivity index (χ0) is 40.4. The van der Waals surface area contributed by atoms with Gasteiger partial charge in [-0.25, -0.2) is 0 Å². The normalized spacial score (nSPS) is 11.5. The maximum Gasteiger partial charge on any atom is 0.129 e. The molecule has 0 atom stereocenters. The first-order valence-electron chi connectivity index (χ1n) is 19.7. The van der Waals surface area contributed by atoms with Gasteiger partial charge in [0.1, 0.15) is 24.2 Å². The molecule has 3 nitrogen and oxygen atoms in total. The molecule has 6 heteroatoms. The van der Waals surface area contributed by atoms with Crippen LogP contribution in [-0.4, -0.2) is 39.2 Å². The van der Waals surface area contributed by atoms with Crippen molar-refractivity contribution in [2.24, 2.45) is 0 Å². The SMILES string of the molecule is C[Si](C)(C)C#Cc1ccc2[nH]c3ccccc3c2c1.C[Si](C)(C)C#Cc1ccc2[nH]c3ccccc3c2c1.C[Si](C)(C)C#Cc1ccc2[nH]c3ccccc3c2c1. The van der Waals surface area contributed by atoms with Crippen molar-refractivity contribution in [3.63, 3.8) is 0 Å². The second-order valence-corrected chi connectivity index (χ2v) is 32.0. The average Bonchev–Trinajstić information content (AvgIpc) is 3.86. The lowest BCUT2D eigenvalue weighted by molar-refractivity contribution is 1.54. The van der Waals surface area contributed by atoms with Crippen LogP contribution in [0.15, 0.2) is 127 Å². The quantitative estimate of drug-likeness (QED) is 0.101. The summed E-state index contributed by atoms with van der Waals surface area (Å²) in [7, 11) is -3.94. The lowest BCUT2D eigenvalue weighted by atomic mass is 10.1. The Kier molecular flexibility index (Phi) is 11.0. The van der Waals surface area contributed by atoms with E-state index in [1.165, 1.54) is 65.4 Å². The van der Waals surface area contributed by atoms with Crippen LogP contribution in [0.4, 0.5) is 0 Å². The van der Waals surface area contributed by atoms with Gasteiger partial charge in [0.25, 0.3) is 0 Å². The Hall–Kier alpha value is -5.95. The van der Waals surface area contributed by atoms with Gasteiger partial charge in [-0.2, -0.15) is 0 Å². The van der Waals surface area contributed by atoms with Crippen LogP contribution in [0.5, 0.6) is 0 Å². The third-order valence-electron chi connectivity index (χ3n) is 9.26. The number of fused-ring (bicyclic) bond motifs is 9. The molecule has 0 unspecified atom stereocenters. The lowest BCUT2D eigenvalue weighted by Gasteiger charge is -2.03. The summed E-state index contributed by atoms with van der Waals surface area (Å²) in [4.78, 5) is 10.3. The van der Waals surface area contributed by atoms with E-state index in [0.29, 0.717) is 0 Å². The number of para-hydroxylation sites is 3. The molecule has 0 amide bonds. The predicted molar refractivity (Wildman–Crippen MR) is 258 cm³/mol. The van der Waals surface area contributed by atoms with Gasteiger partial charge in [-0.3, -0.25) is 0 Å². The molecule has 282 valence electrons. The monoisotopic (exact) mass is 789 g/mol. The molecule has 0 aliphatic carbocycles. The highest BCUT2D eigenvalue weighted by Crippen LogP contribution is 2.28. The summed E-state index contributed by atoms with van der Waals surface area (Å²) in [5, 5.41) is 7.60. The average molecular weight is 790 g/mol. The van der Waals surface area contributed by atoms with E-state index in [9.17, 15) is 0 Å². The molecule has 0 spiro atoms. The van der Waals surface area contributed by atoms with Crippen molar-refractivity contribution in [2.75, 3.05) is 0 Å². The first-order chi connectivity index (χ1) is 27.1. The zero-order valence-electron chi connectivity index (χ0n) is 34.6. The van der Waals surface area contributed by atoms with Crippen molar-refractivity contribution < 1.29 is 0 Å². The van der Waals surface area contributed by atoms with Crippen LogP contribution < -0.4 is 0 Å². The number of rotatable bonds is 0. The van der Waals surface area contributed by atoms with Gasteiger partial charge in [-0.1, -0.05) is 131 Å². The molecule has 3 aromatic heterocycles. The Balaban J connectivity index is 0.000000131. The third kappa shape index (κ3) is 9.90. The number of H-pyrrole nitrogens is 3. The van der Waals surface area contributed by atoms with E-state index in [1.54, 1.807) is 0 Å². The van der Waals surface area contributed by atoms with Crippen LogP contribution in [0.3, 0.4) is 0 Å². The molecule has 0 fully saturated rings. The molecule has 0 saturated carbocycles. The van der Waals surface area contributed by atoms with E-state index in [4.69, 9.17) is 0 Å². The maximum atomic E-state index is 3.44. The van der Waals surface area contributed by atoms with Gasteiger partial charge in [0, 0.05) is 82.1 Å². The third-order valence-corrected chi connectivity index (χ3v) is 11.9. The number of aromatic amines is 3. The molecule has 0 aliphatic heterocycles. The molecule has 0 aliphatic rings. The van der Waals surface area contributed by atoms with Crippen molar-refractivity contribution in [2.45, 2.75) is 58.9 Å². The fourth-order valence-electron chi connectivity index (χ4n) is 6.56. The van der Waals surface area contributed by atoms with Gasteiger partial charge in [-0.05, 0) is 72.8 Å². The van der Waals surface area contributed by atoms with E-state index in [0.717, 1.165) is 16.7 Å². The van der Waals surface area contributed by atoms with Gasteiger partial charge in [0.05, 0.1) is 0 Å². The van der Waals surface area contributed by atoms with E-state index < -0.39 is 24.2 Å². The van der Waals surface area contributed by atoms with Crippen LogP contribution >= 0.6 is 0 Å². The summed E-state index contributed by atoms with van der Waals surface area (Å²) in [6, 6.07) is 44.5. The van der Waals surface area contributed by atoms with Gasteiger partial charge in [0.2, 0.25) is 0 Å². The molecule has 9 aromatic rings. The number of nitrogens with one attached hydrogen (secondary N) is 3. The number of hydrogen-bond acceptors (Lipinski definition) is 0. The van der Waals surface area contributed by atoms with Gasteiger partial charge >= 0.3 is 0 Å². The fraction of sp³-hybridized carbons (Fsp3) is 0.176. The number of benzene rings is 6. The van der Waals surface area contributed by atoms with Crippen LogP contribution in [-0.2, 0) is 0 Å². The summed E-state index contributed by atoms with van der Waals surface area (Å²) in [6.45, 7) is 20.4. The summed E-state index contributed by atoms with van der Waals surface area (Å²) in [5.41, 5.74) is 20.7. The lowest BCUT2D eigenvalue weighted by Crippen LogP contribution is -2.16. The van der Waals surface area contributed by atoms with E-state index >= 15 is 0 Å². The van der Waals surface area contributed by atoms with Crippen molar-refractivity contribution in [3.05, 3.63) is 144 Å². The van der Waals surface area contributed by atoms with Gasteiger partial charge in [-0.15, -0.1) is 16.6 Å². The minimum absolute atomic E-state index is 1.11. The smallest absolute Gasteiger partial charge is 0.129 e. The standard InChI is InChI=1S/3C17H17NSi/c3*1-19(2,3)11-10-13-8-9-17-15(12-13)14-6-4-5-7-16(14)18-17/h3*4-9,12,18H,1-3H3.